The summed E-state index contributed by atoms with van der Waals surface area (Å²) >= 11 is 1.02. The summed E-state index contributed by atoms with van der Waals surface area (Å²) in [6.07, 6.45) is 1.13. The predicted octanol–water partition coefficient (Wildman–Crippen LogP) is 0.797. The van der Waals surface area contributed by atoms with E-state index in [9.17, 15) is 14.7 Å². The molecule has 1 amide bonds. The van der Waals surface area contributed by atoms with Crippen LogP contribution in [0.3, 0.4) is 0 Å². The van der Waals surface area contributed by atoms with Crippen LogP contribution in [0.25, 0.3) is 0 Å². The Morgan fingerprint density at radius 3 is 3.00 bits per heavy atom. The summed E-state index contributed by atoms with van der Waals surface area (Å²) < 4.78 is 5.09. The van der Waals surface area contributed by atoms with Gasteiger partial charge in [-0.05, 0) is 12.1 Å². The SMILES string of the molecule is COc1cc(O)ccc1C=NN=C1NC(=O)C(CC(=O)O)S1. The molecule has 1 aliphatic heterocycles. The van der Waals surface area contributed by atoms with Crippen LogP contribution < -0.4 is 10.1 Å². The molecular formula is C13H13N3O5S. The minimum atomic E-state index is -1.05. The number of aliphatic carboxylic acids is 1. The number of phenolic OH excluding ortho intramolecular Hbond substituents is 1. The van der Waals surface area contributed by atoms with Crippen molar-refractivity contribution in [2.45, 2.75) is 11.7 Å². The maximum atomic E-state index is 11.5. The molecule has 0 bridgehead atoms. The third-order valence-corrected chi connectivity index (χ3v) is 3.77. The van der Waals surface area contributed by atoms with Gasteiger partial charge in [-0.3, -0.25) is 9.59 Å². The van der Waals surface area contributed by atoms with E-state index in [0.717, 1.165) is 11.8 Å². The number of carboxylic acid groups (broad SMARTS) is 1. The Kier molecular flexibility index (Phi) is 4.99. The average Bonchev–Trinajstić information content (AvgIpc) is 2.80. The molecule has 3 N–H and O–H groups in total. The maximum absolute atomic E-state index is 11.5. The van der Waals surface area contributed by atoms with E-state index < -0.39 is 17.1 Å². The molecule has 22 heavy (non-hydrogen) atoms. The van der Waals surface area contributed by atoms with Crippen molar-refractivity contribution in [1.82, 2.24) is 5.32 Å². The molecule has 1 unspecified atom stereocenters. The number of hydrogen-bond acceptors (Lipinski definition) is 7. The lowest BCUT2D eigenvalue weighted by Gasteiger charge is -2.03. The first-order chi connectivity index (χ1) is 10.5. The Labute approximate surface area is 129 Å². The van der Waals surface area contributed by atoms with Gasteiger partial charge in [0.15, 0.2) is 5.17 Å². The summed E-state index contributed by atoms with van der Waals surface area (Å²) in [4.78, 5) is 22.1. The van der Waals surface area contributed by atoms with Crippen molar-refractivity contribution >= 4 is 35.0 Å². The van der Waals surface area contributed by atoms with E-state index in [1.165, 1.54) is 25.5 Å². The lowest BCUT2D eigenvalue weighted by Crippen LogP contribution is -2.26. The van der Waals surface area contributed by atoms with Crippen LogP contribution in [0.15, 0.2) is 28.4 Å². The second-order valence-corrected chi connectivity index (χ2v) is 5.46. The van der Waals surface area contributed by atoms with E-state index in [0.29, 0.717) is 11.3 Å². The molecule has 0 saturated carbocycles. The number of carbonyl (C=O) groups excluding carboxylic acids is 1. The van der Waals surface area contributed by atoms with Crippen LogP contribution in [-0.2, 0) is 9.59 Å². The summed E-state index contributed by atoms with van der Waals surface area (Å²) in [5.41, 5.74) is 0.598. The number of amides is 1. The maximum Gasteiger partial charge on any atom is 0.305 e. The number of rotatable bonds is 5. The smallest absolute Gasteiger partial charge is 0.305 e. The topological polar surface area (TPSA) is 121 Å². The molecule has 2 rings (SSSR count). The van der Waals surface area contributed by atoms with Gasteiger partial charge in [-0.2, -0.15) is 5.10 Å². The van der Waals surface area contributed by atoms with Crippen molar-refractivity contribution in [3.63, 3.8) is 0 Å². The van der Waals surface area contributed by atoms with E-state index in [4.69, 9.17) is 9.84 Å². The monoisotopic (exact) mass is 323 g/mol. The van der Waals surface area contributed by atoms with Gasteiger partial charge in [0.2, 0.25) is 5.91 Å². The van der Waals surface area contributed by atoms with Gasteiger partial charge in [0.25, 0.3) is 0 Å². The summed E-state index contributed by atoms with van der Waals surface area (Å²) in [7, 11) is 1.46. The van der Waals surface area contributed by atoms with E-state index in [1.807, 2.05) is 0 Å². The van der Waals surface area contributed by atoms with Crippen molar-refractivity contribution in [3.8, 4) is 11.5 Å². The molecule has 1 aromatic rings. The number of methoxy groups -OCH3 is 1. The van der Waals surface area contributed by atoms with E-state index in [1.54, 1.807) is 6.07 Å². The summed E-state index contributed by atoms with van der Waals surface area (Å²) in [5, 5.41) is 27.7. The Morgan fingerprint density at radius 2 is 2.32 bits per heavy atom. The molecule has 116 valence electrons. The third kappa shape index (κ3) is 3.98. The molecule has 1 heterocycles. The molecule has 0 aliphatic carbocycles. The molecule has 1 fully saturated rings. The van der Waals surface area contributed by atoms with Crippen molar-refractivity contribution in [2.75, 3.05) is 7.11 Å². The number of nitrogens with one attached hydrogen (secondary N) is 1. The zero-order valence-electron chi connectivity index (χ0n) is 11.5. The molecular weight excluding hydrogens is 310 g/mol. The Hall–Kier alpha value is -2.55. The highest BCUT2D eigenvalue weighted by atomic mass is 32.2. The van der Waals surface area contributed by atoms with Gasteiger partial charge in [-0.25, -0.2) is 0 Å². The molecule has 0 spiro atoms. The van der Waals surface area contributed by atoms with E-state index in [-0.39, 0.29) is 17.3 Å². The summed E-state index contributed by atoms with van der Waals surface area (Å²) in [6, 6.07) is 4.51. The number of phenols is 1. The zero-order chi connectivity index (χ0) is 16.1. The van der Waals surface area contributed by atoms with Gasteiger partial charge in [-0.1, -0.05) is 11.8 Å². The molecule has 0 radical (unpaired) electrons. The largest absolute Gasteiger partial charge is 0.508 e. The quantitative estimate of drug-likeness (QED) is 0.544. The Bertz CT molecular complexity index is 659. The average molecular weight is 323 g/mol. The number of aromatic hydroxyl groups is 1. The van der Waals surface area contributed by atoms with Crippen molar-refractivity contribution in [3.05, 3.63) is 23.8 Å². The molecule has 1 atom stereocenters. The highest BCUT2D eigenvalue weighted by Crippen LogP contribution is 2.23. The fourth-order valence-corrected chi connectivity index (χ4v) is 2.61. The molecule has 1 aliphatic rings. The van der Waals surface area contributed by atoms with Crippen LogP contribution >= 0.6 is 11.8 Å². The summed E-state index contributed by atoms with van der Waals surface area (Å²) in [5.74, 6) is -0.957. The zero-order valence-corrected chi connectivity index (χ0v) is 12.3. The molecule has 1 aromatic carbocycles. The van der Waals surface area contributed by atoms with Crippen LogP contribution in [0.2, 0.25) is 0 Å². The van der Waals surface area contributed by atoms with E-state index >= 15 is 0 Å². The number of amidine groups is 1. The standard InChI is InChI=1S/C13H13N3O5S/c1-21-9-4-8(17)3-2-7(9)6-14-16-13-15-12(20)10(22-13)5-11(18)19/h2-4,6,10,17H,5H2,1H3,(H,18,19)(H,15,16,20). The highest BCUT2D eigenvalue weighted by Gasteiger charge is 2.32. The lowest BCUT2D eigenvalue weighted by atomic mass is 10.2. The first-order valence-corrected chi connectivity index (χ1v) is 7.05. The van der Waals surface area contributed by atoms with Gasteiger partial charge in [0.05, 0.1) is 19.7 Å². The van der Waals surface area contributed by atoms with Gasteiger partial charge >= 0.3 is 5.97 Å². The van der Waals surface area contributed by atoms with Crippen molar-refractivity contribution in [1.29, 1.82) is 0 Å². The first-order valence-electron chi connectivity index (χ1n) is 6.17. The number of nitrogens with zero attached hydrogens (tertiary/aromatic N) is 2. The van der Waals surface area contributed by atoms with Crippen LogP contribution in [0, 0.1) is 0 Å². The minimum absolute atomic E-state index is 0.0652. The summed E-state index contributed by atoms with van der Waals surface area (Å²) in [6.45, 7) is 0. The predicted molar refractivity (Wildman–Crippen MR) is 81.5 cm³/mol. The Morgan fingerprint density at radius 1 is 1.55 bits per heavy atom. The number of hydrogen-bond donors (Lipinski definition) is 3. The second kappa shape index (κ2) is 6.94. The minimum Gasteiger partial charge on any atom is -0.508 e. The first kappa shape index (κ1) is 15.8. The highest BCUT2D eigenvalue weighted by molar-refractivity contribution is 8.15. The normalized spacial score (nSPS) is 19.6. The second-order valence-electron chi connectivity index (χ2n) is 4.27. The Balaban J connectivity index is 2.06. The molecule has 8 nitrogen and oxygen atoms in total. The number of ether oxygens (including phenoxy) is 1. The van der Waals surface area contributed by atoms with Crippen molar-refractivity contribution < 1.29 is 24.5 Å². The number of thioether (sulfide) groups is 1. The lowest BCUT2D eigenvalue weighted by molar-refractivity contribution is -0.138. The number of benzene rings is 1. The number of carbonyl (C=O) groups is 2. The fraction of sp³-hybridized carbons (Fsp3) is 0.231. The van der Waals surface area contributed by atoms with E-state index in [2.05, 4.69) is 15.5 Å². The van der Waals surface area contributed by atoms with Gasteiger partial charge in [0, 0.05) is 11.6 Å². The van der Waals surface area contributed by atoms with Gasteiger partial charge in [0.1, 0.15) is 16.7 Å². The van der Waals surface area contributed by atoms with Crippen LogP contribution in [0.5, 0.6) is 11.5 Å². The van der Waals surface area contributed by atoms with Crippen molar-refractivity contribution in [2.24, 2.45) is 10.2 Å². The van der Waals surface area contributed by atoms with Gasteiger partial charge < -0.3 is 20.3 Å². The molecule has 1 saturated heterocycles. The molecule has 0 aromatic heterocycles. The number of carboxylic acids is 1. The van der Waals surface area contributed by atoms with Crippen LogP contribution in [0.4, 0.5) is 0 Å². The fourth-order valence-electron chi connectivity index (χ4n) is 1.70. The van der Waals surface area contributed by atoms with Crippen LogP contribution in [-0.4, -0.2) is 45.8 Å². The van der Waals surface area contributed by atoms with Gasteiger partial charge in [-0.15, -0.1) is 5.10 Å². The van der Waals surface area contributed by atoms with Crippen LogP contribution in [0.1, 0.15) is 12.0 Å². The molecule has 9 heteroatoms. The third-order valence-electron chi connectivity index (χ3n) is 2.70.